The highest BCUT2D eigenvalue weighted by atomic mass is 35.5. The first-order valence-electron chi connectivity index (χ1n) is 16.6. The van der Waals surface area contributed by atoms with Crippen molar-refractivity contribution in [3.05, 3.63) is 93.0 Å². The highest BCUT2D eigenvalue weighted by Gasteiger charge is 2.40. The number of amides is 1. The number of aryl methyl sites for hydroxylation is 1. The molecule has 1 amide bonds. The molecule has 0 unspecified atom stereocenters. The molecule has 16 heteroatoms. The lowest BCUT2D eigenvalue weighted by Gasteiger charge is -2.23. The number of benzene rings is 2. The molecule has 0 saturated carbocycles. The second-order valence-electron chi connectivity index (χ2n) is 12.6. The number of hydrogen-bond acceptors (Lipinski definition) is 7. The molecule has 4 heterocycles. The summed E-state index contributed by atoms with van der Waals surface area (Å²) in [5, 5.41) is 21.9. The van der Waals surface area contributed by atoms with Crippen LogP contribution in [-0.4, -0.2) is 47.8 Å². The van der Waals surface area contributed by atoms with E-state index in [4.69, 9.17) is 27.1 Å². The minimum atomic E-state index is -4.75. The SMILES string of the molecule is CC.Cn1nc(N)c2c(Cl)ccc(-c3ccc(C#CC(C)(C)O)nc3[C@H](Cc3cc(F)cc(F)c3)NC(=O)Cn3nc(C(F)(F)F)c4c3COCC4)c21. The molecule has 5 aromatic rings. The minimum absolute atomic E-state index is 0.0284. The molecular formula is C37H37ClF5N7O3. The molecule has 280 valence electrons. The van der Waals surface area contributed by atoms with Gasteiger partial charge in [-0.3, -0.25) is 14.2 Å². The second kappa shape index (κ2) is 15.5. The van der Waals surface area contributed by atoms with Crippen molar-refractivity contribution < 1.29 is 36.6 Å². The van der Waals surface area contributed by atoms with Gasteiger partial charge in [0.1, 0.15) is 29.5 Å². The molecule has 0 spiro atoms. The first-order valence-corrected chi connectivity index (χ1v) is 17.0. The van der Waals surface area contributed by atoms with Crippen LogP contribution in [0.2, 0.25) is 5.02 Å². The van der Waals surface area contributed by atoms with Crippen LogP contribution in [0.1, 0.15) is 67.6 Å². The standard InChI is InChI=1S/C35H31ClF5N7O3.C2H6/c1-34(2,50)10-8-21-4-5-22(23-6-7-25(36)29-31(23)47(3)46-33(29)42)30(43-21)26(14-18-12-19(37)15-20(38)13-18)44-28(49)16-48-27-17-51-11-9-24(27)32(45-48)35(39,40)41;1-2/h4-7,12-13,15,26,50H,9,11,14,16-17H2,1-3H3,(H2,42,46)(H,44,49);1-2H3/t26-;/m0./s1. The molecule has 0 radical (unpaired) electrons. The number of hydrogen-bond donors (Lipinski definition) is 3. The zero-order chi connectivity index (χ0) is 38.8. The van der Waals surface area contributed by atoms with Gasteiger partial charge in [-0.05, 0) is 68.5 Å². The van der Waals surface area contributed by atoms with E-state index >= 15 is 0 Å². The van der Waals surface area contributed by atoms with Crippen LogP contribution in [0, 0.1) is 23.5 Å². The molecule has 3 aromatic heterocycles. The van der Waals surface area contributed by atoms with Gasteiger partial charge in [-0.25, -0.2) is 13.8 Å². The van der Waals surface area contributed by atoms with Crippen molar-refractivity contribution in [1.29, 1.82) is 0 Å². The average Bonchev–Trinajstić information content (AvgIpc) is 3.60. The van der Waals surface area contributed by atoms with Crippen molar-refractivity contribution in [2.75, 3.05) is 12.3 Å². The van der Waals surface area contributed by atoms with Crippen molar-refractivity contribution in [3.63, 3.8) is 0 Å². The first kappa shape index (κ1) is 39.2. The lowest BCUT2D eigenvalue weighted by atomic mass is 9.93. The van der Waals surface area contributed by atoms with Gasteiger partial charge >= 0.3 is 6.18 Å². The van der Waals surface area contributed by atoms with Crippen LogP contribution in [0.5, 0.6) is 0 Å². The summed E-state index contributed by atoms with van der Waals surface area (Å²) in [5.41, 5.74) is 5.77. The van der Waals surface area contributed by atoms with Crippen molar-refractivity contribution in [2.24, 2.45) is 7.05 Å². The average molecular weight is 758 g/mol. The van der Waals surface area contributed by atoms with Crippen LogP contribution in [0.25, 0.3) is 22.0 Å². The maximum Gasteiger partial charge on any atom is 0.435 e. The molecule has 1 atom stereocenters. The molecule has 4 N–H and O–H groups in total. The Labute approximate surface area is 307 Å². The second-order valence-corrected chi connectivity index (χ2v) is 13.0. The van der Waals surface area contributed by atoms with E-state index in [1.807, 2.05) is 13.8 Å². The fourth-order valence-electron chi connectivity index (χ4n) is 6.10. The van der Waals surface area contributed by atoms with Crippen molar-refractivity contribution in [3.8, 4) is 23.0 Å². The predicted octanol–water partition coefficient (Wildman–Crippen LogP) is 6.69. The van der Waals surface area contributed by atoms with E-state index in [-0.39, 0.29) is 60.1 Å². The fourth-order valence-corrected chi connectivity index (χ4v) is 6.35. The van der Waals surface area contributed by atoms with Crippen LogP contribution in [0.4, 0.5) is 27.8 Å². The van der Waals surface area contributed by atoms with E-state index in [0.717, 1.165) is 16.8 Å². The Hall–Kier alpha value is -5.04. The number of halogens is 6. The third-order valence-electron chi connectivity index (χ3n) is 8.17. The van der Waals surface area contributed by atoms with Gasteiger partial charge < -0.3 is 20.9 Å². The van der Waals surface area contributed by atoms with Crippen LogP contribution >= 0.6 is 11.6 Å². The number of aromatic nitrogens is 5. The molecule has 53 heavy (non-hydrogen) atoms. The Morgan fingerprint density at radius 3 is 2.43 bits per heavy atom. The Morgan fingerprint density at radius 2 is 1.77 bits per heavy atom. The summed E-state index contributed by atoms with van der Waals surface area (Å²) in [6, 6.07) is 8.32. The highest BCUT2D eigenvalue weighted by molar-refractivity contribution is 6.37. The summed E-state index contributed by atoms with van der Waals surface area (Å²) in [6.07, 6.45) is -4.99. The summed E-state index contributed by atoms with van der Waals surface area (Å²) >= 11 is 6.50. The van der Waals surface area contributed by atoms with Crippen molar-refractivity contribution in [1.82, 2.24) is 29.9 Å². The number of rotatable bonds is 7. The molecule has 0 fully saturated rings. The molecule has 0 aliphatic carbocycles. The third-order valence-corrected chi connectivity index (χ3v) is 8.48. The van der Waals surface area contributed by atoms with Crippen LogP contribution < -0.4 is 11.1 Å². The van der Waals surface area contributed by atoms with Gasteiger partial charge in [0.05, 0.1) is 46.6 Å². The molecule has 0 bridgehead atoms. The summed E-state index contributed by atoms with van der Waals surface area (Å²) in [6.45, 7) is 6.23. The monoisotopic (exact) mass is 757 g/mol. The Kier molecular flexibility index (Phi) is 11.5. The topological polar surface area (TPSA) is 133 Å². The summed E-state index contributed by atoms with van der Waals surface area (Å²) < 4.78 is 78.3. The first-order chi connectivity index (χ1) is 25.0. The van der Waals surface area contributed by atoms with Gasteiger partial charge in [0, 0.05) is 29.8 Å². The van der Waals surface area contributed by atoms with E-state index < -0.39 is 47.6 Å². The molecule has 6 rings (SSSR count). The maximum atomic E-state index is 14.4. The van der Waals surface area contributed by atoms with Crippen molar-refractivity contribution >= 4 is 34.2 Å². The summed E-state index contributed by atoms with van der Waals surface area (Å²) in [7, 11) is 1.66. The number of carbonyl (C=O) groups excluding carboxylic acids is 1. The quantitative estimate of drug-likeness (QED) is 0.125. The smallest absolute Gasteiger partial charge is 0.382 e. The lowest BCUT2D eigenvalue weighted by Crippen LogP contribution is -2.34. The van der Waals surface area contributed by atoms with Gasteiger partial charge in [-0.1, -0.05) is 37.4 Å². The van der Waals surface area contributed by atoms with E-state index in [1.165, 1.54) is 18.5 Å². The van der Waals surface area contributed by atoms with Gasteiger partial charge in [-0.2, -0.15) is 23.4 Å². The number of aliphatic hydroxyl groups is 1. The maximum absolute atomic E-state index is 14.4. The number of anilines is 1. The third kappa shape index (κ3) is 8.78. The van der Waals surface area contributed by atoms with Crippen molar-refractivity contribution in [2.45, 2.75) is 71.5 Å². The number of nitrogens with zero attached hydrogens (tertiary/aromatic N) is 5. The normalized spacial score (nSPS) is 13.4. The van der Waals surface area contributed by atoms with E-state index in [9.17, 15) is 31.9 Å². The van der Waals surface area contributed by atoms with E-state index in [1.54, 1.807) is 31.3 Å². The summed E-state index contributed by atoms with van der Waals surface area (Å²) in [4.78, 5) is 18.5. The van der Waals surface area contributed by atoms with Gasteiger partial charge in [0.25, 0.3) is 0 Å². The summed E-state index contributed by atoms with van der Waals surface area (Å²) in [5.74, 6) is 3.16. The van der Waals surface area contributed by atoms with E-state index in [0.29, 0.717) is 33.1 Å². The molecule has 10 nitrogen and oxygen atoms in total. The molecule has 1 aliphatic heterocycles. The Morgan fingerprint density at radius 1 is 1.09 bits per heavy atom. The van der Waals surface area contributed by atoms with Gasteiger partial charge in [-0.15, -0.1) is 0 Å². The van der Waals surface area contributed by atoms with Crippen LogP contribution in [0.3, 0.4) is 0 Å². The predicted molar refractivity (Wildman–Crippen MR) is 189 cm³/mol. The highest BCUT2D eigenvalue weighted by Crippen LogP contribution is 2.39. The molecular weight excluding hydrogens is 721 g/mol. The Balaban J connectivity index is 0.00000266. The number of nitrogens with one attached hydrogen (secondary N) is 1. The number of pyridine rings is 1. The molecule has 1 aliphatic rings. The number of carbonyl (C=O) groups is 1. The van der Waals surface area contributed by atoms with Crippen LogP contribution in [0.15, 0.2) is 42.5 Å². The van der Waals surface area contributed by atoms with E-state index in [2.05, 4.69) is 27.4 Å². The number of ether oxygens (including phenoxy) is 1. The largest absolute Gasteiger partial charge is 0.435 e. The number of alkyl halides is 3. The number of fused-ring (bicyclic) bond motifs is 2. The number of nitrogen functional groups attached to an aromatic ring is 1. The zero-order valence-corrected chi connectivity index (χ0v) is 30.3. The minimum Gasteiger partial charge on any atom is -0.382 e. The Bertz CT molecular complexity index is 2210. The lowest BCUT2D eigenvalue weighted by molar-refractivity contribution is -0.142. The van der Waals surface area contributed by atoms with Gasteiger partial charge in [0.2, 0.25) is 5.91 Å². The zero-order valence-electron chi connectivity index (χ0n) is 29.5. The van der Waals surface area contributed by atoms with Crippen LogP contribution in [-0.2, 0) is 48.7 Å². The molecule has 0 saturated heterocycles. The van der Waals surface area contributed by atoms with Gasteiger partial charge in [0.15, 0.2) is 11.5 Å². The fraction of sp³-hybridized carbons (Fsp3) is 0.351. The molecule has 2 aromatic carbocycles. The number of nitrogens with two attached hydrogens (primary N) is 1.